The fourth-order valence-corrected chi connectivity index (χ4v) is 1.73. The number of carbonyl (C=O) groups excluding carboxylic acids is 1. The molecule has 21 heavy (non-hydrogen) atoms. The molecule has 0 saturated heterocycles. The predicted molar refractivity (Wildman–Crippen MR) is 81.1 cm³/mol. The predicted octanol–water partition coefficient (Wildman–Crippen LogP) is 0.685. The SMILES string of the molecule is NCCCC[C@H](N)C(=O)N/C(=C\c1ccccc1)C(=O)O. The number of carboxylic acid groups (broad SMARTS) is 1. The molecule has 0 saturated carbocycles. The maximum absolute atomic E-state index is 11.9. The third-order valence-electron chi connectivity index (χ3n) is 2.90. The molecule has 1 amide bonds. The second-order valence-electron chi connectivity index (χ2n) is 4.65. The Hall–Kier alpha value is -2.18. The van der Waals surface area contributed by atoms with Gasteiger partial charge in [-0.15, -0.1) is 0 Å². The molecule has 6 heteroatoms. The average molecular weight is 291 g/mol. The van der Waals surface area contributed by atoms with Gasteiger partial charge in [-0.3, -0.25) is 4.79 Å². The molecule has 114 valence electrons. The molecule has 0 aliphatic rings. The number of benzene rings is 1. The molecule has 0 aromatic heterocycles. The molecule has 6 N–H and O–H groups in total. The van der Waals surface area contributed by atoms with E-state index < -0.39 is 17.9 Å². The van der Waals surface area contributed by atoms with Crippen molar-refractivity contribution in [2.75, 3.05) is 6.54 Å². The summed E-state index contributed by atoms with van der Waals surface area (Å²) in [6, 6.07) is 8.14. The highest BCUT2D eigenvalue weighted by Crippen LogP contribution is 2.06. The highest BCUT2D eigenvalue weighted by molar-refractivity contribution is 5.98. The molecule has 6 nitrogen and oxygen atoms in total. The zero-order chi connectivity index (χ0) is 15.7. The van der Waals surface area contributed by atoms with Crippen LogP contribution in [0.3, 0.4) is 0 Å². The van der Waals surface area contributed by atoms with Crippen LogP contribution in [0.4, 0.5) is 0 Å². The first-order chi connectivity index (χ1) is 10.0. The number of carboxylic acids is 1. The zero-order valence-corrected chi connectivity index (χ0v) is 11.8. The number of hydrogen-bond acceptors (Lipinski definition) is 4. The van der Waals surface area contributed by atoms with Gasteiger partial charge in [-0.05, 0) is 31.0 Å². The molecular formula is C15H21N3O3. The van der Waals surface area contributed by atoms with Crippen molar-refractivity contribution in [2.45, 2.75) is 25.3 Å². The lowest BCUT2D eigenvalue weighted by atomic mass is 10.1. The van der Waals surface area contributed by atoms with E-state index >= 15 is 0 Å². The summed E-state index contributed by atoms with van der Waals surface area (Å²) in [6.07, 6.45) is 3.39. The Balaban J connectivity index is 2.69. The van der Waals surface area contributed by atoms with Crippen LogP contribution in [0.25, 0.3) is 6.08 Å². The molecule has 1 atom stereocenters. The Bertz CT molecular complexity index is 500. The van der Waals surface area contributed by atoms with Gasteiger partial charge in [0.05, 0.1) is 6.04 Å². The fraction of sp³-hybridized carbons (Fsp3) is 0.333. The summed E-state index contributed by atoms with van der Waals surface area (Å²) in [6.45, 7) is 0.544. The van der Waals surface area contributed by atoms with Crippen LogP contribution in [0.15, 0.2) is 36.0 Å². The molecule has 1 aromatic rings. The Morgan fingerprint density at radius 1 is 1.24 bits per heavy atom. The third-order valence-corrected chi connectivity index (χ3v) is 2.90. The Kier molecular flexibility index (Phi) is 7.14. The molecule has 0 heterocycles. The lowest BCUT2D eigenvalue weighted by Gasteiger charge is -2.12. The van der Waals surface area contributed by atoms with Crippen LogP contribution in [0, 0.1) is 0 Å². The van der Waals surface area contributed by atoms with Crippen molar-refractivity contribution in [3.63, 3.8) is 0 Å². The molecule has 1 rings (SSSR count). The van der Waals surface area contributed by atoms with Crippen molar-refractivity contribution in [1.29, 1.82) is 0 Å². The van der Waals surface area contributed by atoms with Gasteiger partial charge in [-0.2, -0.15) is 0 Å². The number of aliphatic carboxylic acids is 1. The van der Waals surface area contributed by atoms with Crippen LogP contribution in [-0.4, -0.2) is 29.6 Å². The van der Waals surface area contributed by atoms with Crippen molar-refractivity contribution in [3.05, 3.63) is 41.6 Å². The van der Waals surface area contributed by atoms with Gasteiger partial charge in [0.2, 0.25) is 5.91 Å². The zero-order valence-electron chi connectivity index (χ0n) is 11.8. The summed E-state index contributed by atoms with van der Waals surface area (Å²) in [5.74, 6) is -1.71. The van der Waals surface area contributed by atoms with Gasteiger partial charge in [0.15, 0.2) is 0 Å². The number of rotatable bonds is 8. The second-order valence-corrected chi connectivity index (χ2v) is 4.65. The Morgan fingerprint density at radius 3 is 2.48 bits per heavy atom. The number of amides is 1. The summed E-state index contributed by atoms with van der Waals surface area (Å²) in [7, 11) is 0. The number of nitrogens with two attached hydrogens (primary N) is 2. The number of carbonyl (C=O) groups is 2. The molecule has 0 spiro atoms. The molecular weight excluding hydrogens is 270 g/mol. The summed E-state index contributed by atoms with van der Waals surface area (Å²) in [5, 5.41) is 11.5. The van der Waals surface area contributed by atoms with Crippen LogP contribution in [0.2, 0.25) is 0 Å². The Labute approximate surface area is 123 Å². The molecule has 0 radical (unpaired) electrons. The third kappa shape index (κ3) is 6.20. The minimum atomic E-state index is -1.21. The lowest BCUT2D eigenvalue weighted by Crippen LogP contribution is -2.41. The van der Waals surface area contributed by atoms with E-state index in [1.807, 2.05) is 6.07 Å². The van der Waals surface area contributed by atoms with E-state index in [4.69, 9.17) is 16.6 Å². The highest BCUT2D eigenvalue weighted by Gasteiger charge is 2.17. The van der Waals surface area contributed by atoms with Crippen molar-refractivity contribution >= 4 is 18.0 Å². The van der Waals surface area contributed by atoms with E-state index in [0.29, 0.717) is 18.5 Å². The molecule has 0 aliphatic heterocycles. The normalized spacial score (nSPS) is 12.8. The van der Waals surface area contributed by atoms with Crippen LogP contribution in [-0.2, 0) is 9.59 Å². The lowest BCUT2D eigenvalue weighted by molar-refractivity contribution is -0.134. The Morgan fingerprint density at radius 2 is 1.90 bits per heavy atom. The second kappa shape index (κ2) is 8.89. The maximum atomic E-state index is 11.9. The van der Waals surface area contributed by atoms with Gasteiger partial charge in [0, 0.05) is 0 Å². The molecule has 0 bridgehead atoms. The minimum absolute atomic E-state index is 0.194. The number of nitrogens with one attached hydrogen (secondary N) is 1. The first kappa shape index (κ1) is 16.9. The van der Waals surface area contributed by atoms with Crippen LogP contribution < -0.4 is 16.8 Å². The fourth-order valence-electron chi connectivity index (χ4n) is 1.73. The van der Waals surface area contributed by atoms with Crippen molar-refractivity contribution in [2.24, 2.45) is 11.5 Å². The molecule has 0 unspecified atom stereocenters. The van der Waals surface area contributed by atoms with Gasteiger partial charge < -0.3 is 21.9 Å². The molecule has 0 aliphatic carbocycles. The smallest absolute Gasteiger partial charge is 0.352 e. The number of unbranched alkanes of at least 4 members (excludes halogenated alkanes) is 1. The highest BCUT2D eigenvalue weighted by atomic mass is 16.4. The van der Waals surface area contributed by atoms with Gasteiger partial charge >= 0.3 is 5.97 Å². The van der Waals surface area contributed by atoms with E-state index in [2.05, 4.69) is 5.32 Å². The molecule has 1 aromatic carbocycles. The van der Waals surface area contributed by atoms with Gasteiger partial charge in [-0.25, -0.2) is 4.79 Å². The van der Waals surface area contributed by atoms with Crippen LogP contribution in [0.1, 0.15) is 24.8 Å². The van der Waals surface area contributed by atoms with E-state index in [-0.39, 0.29) is 5.70 Å². The monoisotopic (exact) mass is 291 g/mol. The first-order valence-electron chi connectivity index (χ1n) is 6.81. The van der Waals surface area contributed by atoms with Gasteiger partial charge in [0.1, 0.15) is 5.70 Å². The quantitative estimate of drug-likeness (QED) is 0.415. The van der Waals surface area contributed by atoms with Crippen LogP contribution >= 0.6 is 0 Å². The largest absolute Gasteiger partial charge is 0.477 e. The standard InChI is InChI=1S/C15H21N3O3/c16-9-5-4-8-12(17)14(19)18-13(15(20)21)10-11-6-2-1-3-7-11/h1-3,6-7,10,12H,4-5,8-9,16-17H2,(H,18,19)(H,20,21)/b13-10-/t12-/m0/s1. The number of hydrogen-bond donors (Lipinski definition) is 4. The van der Waals surface area contributed by atoms with Crippen molar-refractivity contribution < 1.29 is 14.7 Å². The van der Waals surface area contributed by atoms with Gasteiger partial charge in [-0.1, -0.05) is 36.8 Å². The average Bonchev–Trinajstić information content (AvgIpc) is 2.47. The molecule has 0 fully saturated rings. The maximum Gasteiger partial charge on any atom is 0.352 e. The summed E-state index contributed by atoms with van der Waals surface area (Å²) in [5.41, 5.74) is 11.6. The van der Waals surface area contributed by atoms with E-state index in [1.54, 1.807) is 24.3 Å². The van der Waals surface area contributed by atoms with Crippen molar-refractivity contribution in [3.8, 4) is 0 Å². The minimum Gasteiger partial charge on any atom is -0.477 e. The summed E-state index contributed by atoms with van der Waals surface area (Å²) < 4.78 is 0. The summed E-state index contributed by atoms with van der Waals surface area (Å²) >= 11 is 0. The van der Waals surface area contributed by atoms with Crippen molar-refractivity contribution in [1.82, 2.24) is 5.32 Å². The van der Waals surface area contributed by atoms with Gasteiger partial charge in [0.25, 0.3) is 0 Å². The van der Waals surface area contributed by atoms with E-state index in [1.165, 1.54) is 6.08 Å². The van der Waals surface area contributed by atoms with E-state index in [0.717, 1.165) is 12.8 Å². The first-order valence-corrected chi connectivity index (χ1v) is 6.81. The van der Waals surface area contributed by atoms with Crippen LogP contribution in [0.5, 0.6) is 0 Å². The summed E-state index contributed by atoms with van der Waals surface area (Å²) in [4.78, 5) is 23.1. The van der Waals surface area contributed by atoms with E-state index in [9.17, 15) is 9.59 Å². The topological polar surface area (TPSA) is 118 Å².